The molecule has 0 heterocycles. The molecule has 2 aromatic carbocycles. The number of carbonyl (C=O) groups is 1. The van der Waals surface area contributed by atoms with Crippen LogP contribution < -0.4 is 4.74 Å². The second-order valence-electron chi connectivity index (χ2n) is 4.09. The molecule has 2 aromatic rings. The number of hydrogen-bond donors (Lipinski definition) is 0. The molecular formula is C14H9F2NO4. The Balaban J connectivity index is 2.02. The van der Waals surface area contributed by atoms with E-state index in [4.69, 9.17) is 4.74 Å². The number of nitrogens with zero attached hydrogens (tertiary/aromatic N) is 1. The zero-order valence-corrected chi connectivity index (χ0v) is 10.6. The largest absolute Gasteiger partial charge is 0.482 e. The third-order valence-electron chi connectivity index (χ3n) is 2.65. The Bertz CT molecular complexity index is 686. The summed E-state index contributed by atoms with van der Waals surface area (Å²) in [6, 6.07) is 7.67. The van der Waals surface area contributed by atoms with Gasteiger partial charge in [0, 0.05) is 23.8 Å². The van der Waals surface area contributed by atoms with Gasteiger partial charge in [-0.1, -0.05) is 0 Å². The number of ketones is 1. The van der Waals surface area contributed by atoms with Crippen molar-refractivity contribution in [1.29, 1.82) is 0 Å². The van der Waals surface area contributed by atoms with E-state index in [1.165, 1.54) is 24.3 Å². The van der Waals surface area contributed by atoms with Crippen LogP contribution in [0.3, 0.4) is 0 Å². The quantitative estimate of drug-likeness (QED) is 0.482. The van der Waals surface area contributed by atoms with Gasteiger partial charge in [-0.15, -0.1) is 0 Å². The fourth-order valence-electron chi connectivity index (χ4n) is 1.59. The summed E-state index contributed by atoms with van der Waals surface area (Å²) < 4.78 is 31.0. The minimum Gasteiger partial charge on any atom is -0.482 e. The molecular weight excluding hydrogens is 284 g/mol. The summed E-state index contributed by atoms with van der Waals surface area (Å²) in [5, 5.41) is 10.5. The third kappa shape index (κ3) is 3.59. The molecule has 0 aliphatic rings. The Morgan fingerprint density at radius 2 is 1.81 bits per heavy atom. The van der Waals surface area contributed by atoms with Crippen LogP contribution in [0.4, 0.5) is 14.5 Å². The summed E-state index contributed by atoms with van der Waals surface area (Å²) >= 11 is 0. The zero-order valence-electron chi connectivity index (χ0n) is 10.6. The summed E-state index contributed by atoms with van der Waals surface area (Å²) in [5.74, 6) is -2.38. The van der Waals surface area contributed by atoms with Gasteiger partial charge in [0.2, 0.25) is 0 Å². The molecule has 0 atom stereocenters. The second-order valence-corrected chi connectivity index (χ2v) is 4.09. The molecule has 7 heteroatoms. The lowest BCUT2D eigenvalue weighted by Crippen LogP contribution is -2.12. The number of halogens is 2. The van der Waals surface area contributed by atoms with Crippen LogP contribution in [-0.4, -0.2) is 17.3 Å². The lowest BCUT2D eigenvalue weighted by molar-refractivity contribution is -0.384. The van der Waals surface area contributed by atoms with E-state index in [0.29, 0.717) is 6.07 Å². The van der Waals surface area contributed by atoms with Crippen molar-refractivity contribution >= 4 is 11.5 Å². The topological polar surface area (TPSA) is 69.4 Å². The van der Waals surface area contributed by atoms with E-state index in [9.17, 15) is 23.7 Å². The van der Waals surface area contributed by atoms with E-state index in [1.54, 1.807) is 0 Å². The first kappa shape index (κ1) is 14.6. The molecule has 108 valence electrons. The number of carbonyl (C=O) groups excluding carboxylic acids is 1. The molecule has 0 bridgehead atoms. The highest BCUT2D eigenvalue weighted by Gasteiger charge is 2.12. The van der Waals surface area contributed by atoms with Crippen molar-refractivity contribution in [3.63, 3.8) is 0 Å². The van der Waals surface area contributed by atoms with Crippen LogP contribution in [0.5, 0.6) is 5.75 Å². The first-order valence-corrected chi connectivity index (χ1v) is 5.83. The minimum absolute atomic E-state index is 0.142. The fraction of sp³-hybridized carbons (Fsp3) is 0.0714. The number of nitro benzene ring substituents is 1. The molecule has 0 saturated carbocycles. The van der Waals surface area contributed by atoms with Crippen LogP contribution in [0.25, 0.3) is 0 Å². The summed E-state index contributed by atoms with van der Waals surface area (Å²) in [6.45, 7) is -0.458. The highest BCUT2D eigenvalue weighted by Crippen LogP contribution is 2.18. The number of benzene rings is 2. The van der Waals surface area contributed by atoms with Crippen molar-refractivity contribution in [2.75, 3.05) is 6.61 Å². The maximum atomic E-state index is 13.3. The van der Waals surface area contributed by atoms with E-state index in [2.05, 4.69) is 0 Å². The van der Waals surface area contributed by atoms with E-state index < -0.39 is 28.9 Å². The Labute approximate surface area is 117 Å². The highest BCUT2D eigenvalue weighted by atomic mass is 19.1. The number of rotatable bonds is 5. The van der Waals surface area contributed by atoms with Gasteiger partial charge in [0.05, 0.1) is 4.92 Å². The molecule has 0 aliphatic heterocycles. The lowest BCUT2D eigenvalue weighted by Gasteiger charge is -2.06. The van der Waals surface area contributed by atoms with Crippen LogP contribution in [0.1, 0.15) is 10.4 Å². The molecule has 0 aromatic heterocycles. The molecule has 0 unspecified atom stereocenters. The van der Waals surface area contributed by atoms with Crippen LogP contribution >= 0.6 is 0 Å². The van der Waals surface area contributed by atoms with Gasteiger partial charge in [-0.3, -0.25) is 14.9 Å². The van der Waals surface area contributed by atoms with Crippen LogP contribution in [0.15, 0.2) is 42.5 Å². The predicted molar refractivity (Wildman–Crippen MR) is 69.3 cm³/mol. The van der Waals surface area contributed by atoms with Crippen LogP contribution in [0, 0.1) is 21.7 Å². The van der Waals surface area contributed by atoms with Gasteiger partial charge in [-0.2, -0.15) is 0 Å². The molecule has 0 amide bonds. The van der Waals surface area contributed by atoms with Crippen molar-refractivity contribution in [3.05, 3.63) is 69.8 Å². The van der Waals surface area contributed by atoms with Gasteiger partial charge >= 0.3 is 0 Å². The number of Topliss-reactive ketones (excluding diaryl/α,β-unsaturated/α-hetero) is 1. The van der Waals surface area contributed by atoms with E-state index in [-0.39, 0.29) is 17.0 Å². The Kier molecular flexibility index (Phi) is 4.22. The van der Waals surface area contributed by atoms with Crippen molar-refractivity contribution in [2.24, 2.45) is 0 Å². The lowest BCUT2D eigenvalue weighted by atomic mass is 10.1. The Hall–Kier alpha value is -2.83. The molecule has 0 N–H and O–H groups in total. The molecule has 0 saturated heterocycles. The molecule has 0 spiro atoms. The van der Waals surface area contributed by atoms with Crippen LogP contribution in [-0.2, 0) is 0 Å². The molecule has 5 nitrogen and oxygen atoms in total. The number of ether oxygens (including phenoxy) is 1. The van der Waals surface area contributed by atoms with E-state index >= 15 is 0 Å². The SMILES string of the molecule is O=C(COc1ccc(F)cc1F)c1ccc([N+](=O)[O-])cc1. The minimum atomic E-state index is -0.911. The second kappa shape index (κ2) is 6.08. The standard InChI is InChI=1S/C14H9F2NO4/c15-10-3-6-14(12(16)7-10)21-8-13(18)9-1-4-11(5-2-9)17(19)20/h1-7H,8H2. The van der Waals surface area contributed by atoms with Gasteiger partial charge < -0.3 is 4.74 Å². The highest BCUT2D eigenvalue weighted by molar-refractivity contribution is 5.97. The summed E-state index contributed by atoms with van der Waals surface area (Å²) in [6.07, 6.45) is 0. The monoisotopic (exact) mass is 293 g/mol. The van der Waals surface area contributed by atoms with E-state index in [0.717, 1.165) is 12.1 Å². The number of hydrogen-bond acceptors (Lipinski definition) is 4. The van der Waals surface area contributed by atoms with Gasteiger partial charge in [0.1, 0.15) is 5.82 Å². The molecule has 0 aliphatic carbocycles. The molecule has 0 radical (unpaired) electrons. The normalized spacial score (nSPS) is 10.2. The Morgan fingerprint density at radius 1 is 1.14 bits per heavy atom. The zero-order chi connectivity index (χ0) is 15.4. The van der Waals surface area contributed by atoms with Gasteiger partial charge in [0.15, 0.2) is 24.0 Å². The van der Waals surface area contributed by atoms with Crippen molar-refractivity contribution in [3.8, 4) is 5.75 Å². The maximum Gasteiger partial charge on any atom is 0.269 e. The van der Waals surface area contributed by atoms with Gasteiger partial charge in [-0.25, -0.2) is 8.78 Å². The molecule has 0 fully saturated rings. The average molecular weight is 293 g/mol. The number of non-ortho nitro benzene ring substituents is 1. The average Bonchev–Trinajstić information content (AvgIpc) is 2.46. The molecule has 2 rings (SSSR count). The van der Waals surface area contributed by atoms with Crippen LogP contribution in [0.2, 0.25) is 0 Å². The van der Waals surface area contributed by atoms with Crippen molar-refractivity contribution < 1.29 is 23.2 Å². The van der Waals surface area contributed by atoms with Crippen molar-refractivity contribution in [2.45, 2.75) is 0 Å². The van der Waals surface area contributed by atoms with Gasteiger partial charge in [-0.05, 0) is 24.3 Å². The van der Waals surface area contributed by atoms with Crippen molar-refractivity contribution in [1.82, 2.24) is 0 Å². The summed E-state index contributed by atoms with van der Waals surface area (Å²) in [7, 11) is 0. The maximum absolute atomic E-state index is 13.3. The fourth-order valence-corrected chi connectivity index (χ4v) is 1.59. The predicted octanol–water partition coefficient (Wildman–Crippen LogP) is 3.13. The first-order valence-electron chi connectivity index (χ1n) is 5.83. The van der Waals surface area contributed by atoms with Gasteiger partial charge in [0.25, 0.3) is 5.69 Å². The molecule has 21 heavy (non-hydrogen) atoms. The first-order chi connectivity index (χ1) is 9.97. The van der Waals surface area contributed by atoms with E-state index in [1.807, 2.05) is 0 Å². The smallest absolute Gasteiger partial charge is 0.269 e. The Morgan fingerprint density at radius 3 is 2.38 bits per heavy atom. The summed E-state index contributed by atoms with van der Waals surface area (Å²) in [4.78, 5) is 21.7. The number of nitro groups is 1. The summed E-state index contributed by atoms with van der Waals surface area (Å²) in [5.41, 5.74) is 0.0557. The third-order valence-corrected chi connectivity index (χ3v) is 2.65.